The van der Waals surface area contributed by atoms with Gasteiger partial charge >= 0.3 is 0 Å². The van der Waals surface area contributed by atoms with Gasteiger partial charge in [0.05, 0.1) is 19.3 Å². The molecular weight excluding hydrogens is 300 g/mol. The summed E-state index contributed by atoms with van der Waals surface area (Å²) in [4.78, 5) is 0. The molecule has 2 aliphatic rings. The maximum absolute atomic E-state index is 10.6. The summed E-state index contributed by atoms with van der Waals surface area (Å²) in [5, 5.41) is 21.0. The van der Waals surface area contributed by atoms with E-state index in [0.717, 1.165) is 44.3 Å². The molecule has 0 aliphatic heterocycles. The van der Waals surface area contributed by atoms with E-state index in [1.807, 2.05) is 6.07 Å². The average molecular weight is 332 g/mol. The van der Waals surface area contributed by atoms with Gasteiger partial charge in [-0.05, 0) is 67.1 Å². The first kappa shape index (κ1) is 17.8. The number of benzene rings is 1. The summed E-state index contributed by atoms with van der Waals surface area (Å²) in [5.41, 5.74) is 2.70. The molecule has 0 radical (unpaired) electrons. The highest BCUT2D eigenvalue weighted by atomic mass is 16.5. The van der Waals surface area contributed by atoms with E-state index in [2.05, 4.69) is 19.1 Å². The van der Waals surface area contributed by atoms with Crippen LogP contribution >= 0.6 is 0 Å². The Morgan fingerprint density at radius 3 is 2.83 bits per heavy atom. The molecule has 0 saturated heterocycles. The van der Waals surface area contributed by atoms with Crippen LogP contribution in [0.1, 0.15) is 56.6 Å². The first-order chi connectivity index (χ1) is 11.6. The highest BCUT2D eigenvalue weighted by molar-refractivity contribution is 5.43. The van der Waals surface area contributed by atoms with Gasteiger partial charge in [0.15, 0.2) is 0 Å². The molecule has 1 aromatic carbocycles. The van der Waals surface area contributed by atoms with E-state index in [-0.39, 0.29) is 18.1 Å². The maximum Gasteiger partial charge on any atom is 0.122 e. The Labute approximate surface area is 146 Å². The summed E-state index contributed by atoms with van der Waals surface area (Å²) < 4.78 is 5.53. The number of rotatable bonds is 7. The normalized spacial score (nSPS) is 29.8. The minimum atomic E-state index is -0.263. The van der Waals surface area contributed by atoms with Gasteiger partial charge in [0.1, 0.15) is 5.75 Å². The fraction of sp³-hybridized carbons (Fsp3) is 0.714. The van der Waals surface area contributed by atoms with Crippen LogP contribution < -0.4 is 4.74 Å². The van der Waals surface area contributed by atoms with E-state index in [9.17, 15) is 10.2 Å². The Morgan fingerprint density at radius 2 is 2.08 bits per heavy atom. The quantitative estimate of drug-likeness (QED) is 0.748. The summed E-state index contributed by atoms with van der Waals surface area (Å²) in [7, 11) is 1.74. The van der Waals surface area contributed by atoms with Gasteiger partial charge in [0.2, 0.25) is 0 Å². The molecule has 0 bridgehead atoms. The SMILES string of the molecule is CCCCC[C@H](O)C[C@@H]1[C@H]2Cc3cccc(OC)c3C[C@H]2C[C@H]1O. The van der Waals surface area contributed by atoms with Gasteiger partial charge in [-0.15, -0.1) is 0 Å². The number of aliphatic hydroxyl groups excluding tert-OH is 2. The van der Waals surface area contributed by atoms with Crippen LogP contribution in [0.15, 0.2) is 18.2 Å². The van der Waals surface area contributed by atoms with Crippen LogP contribution in [0.2, 0.25) is 0 Å². The van der Waals surface area contributed by atoms with Crippen LogP contribution in [0.5, 0.6) is 5.75 Å². The molecule has 0 unspecified atom stereocenters. The van der Waals surface area contributed by atoms with Gasteiger partial charge in [-0.2, -0.15) is 0 Å². The largest absolute Gasteiger partial charge is 0.496 e. The Morgan fingerprint density at radius 1 is 1.25 bits per heavy atom. The topological polar surface area (TPSA) is 49.7 Å². The highest BCUT2D eigenvalue weighted by Crippen LogP contribution is 2.48. The number of unbranched alkanes of at least 4 members (excludes halogenated alkanes) is 2. The van der Waals surface area contributed by atoms with Crippen molar-refractivity contribution < 1.29 is 14.9 Å². The van der Waals surface area contributed by atoms with E-state index >= 15 is 0 Å². The zero-order valence-corrected chi connectivity index (χ0v) is 15.1. The third kappa shape index (κ3) is 3.62. The lowest BCUT2D eigenvalue weighted by Crippen LogP contribution is -2.29. The average Bonchev–Trinajstić information content (AvgIpc) is 2.87. The van der Waals surface area contributed by atoms with Crippen LogP contribution in [0.3, 0.4) is 0 Å². The summed E-state index contributed by atoms with van der Waals surface area (Å²) in [5.74, 6) is 2.26. The first-order valence-electron chi connectivity index (χ1n) is 9.64. The molecule has 1 aromatic rings. The zero-order chi connectivity index (χ0) is 17.1. The molecule has 24 heavy (non-hydrogen) atoms. The highest BCUT2D eigenvalue weighted by Gasteiger charge is 2.45. The minimum absolute atomic E-state index is 0.242. The van der Waals surface area contributed by atoms with Crippen LogP contribution in [0.25, 0.3) is 0 Å². The third-order valence-corrected chi connectivity index (χ3v) is 6.25. The Hall–Kier alpha value is -1.06. The molecule has 0 aromatic heterocycles. The Kier molecular flexibility index (Phi) is 5.83. The van der Waals surface area contributed by atoms with Gasteiger partial charge in [0, 0.05) is 0 Å². The van der Waals surface area contributed by atoms with Gasteiger partial charge < -0.3 is 14.9 Å². The number of ether oxygens (including phenoxy) is 1. The van der Waals surface area contributed by atoms with E-state index in [0.29, 0.717) is 11.8 Å². The summed E-state index contributed by atoms with van der Waals surface area (Å²) in [6.07, 6.45) is 7.45. The Bertz CT molecular complexity index is 542. The van der Waals surface area contributed by atoms with Crippen LogP contribution in [-0.4, -0.2) is 29.5 Å². The van der Waals surface area contributed by atoms with Crippen LogP contribution in [0.4, 0.5) is 0 Å². The van der Waals surface area contributed by atoms with E-state index in [1.54, 1.807) is 7.11 Å². The zero-order valence-electron chi connectivity index (χ0n) is 15.1. The van der Waals surface area contributed by atoms with Gasteiger partial charge in [-0.3, -0.25) is 0 Å². The fourth-order valence-electron chi connectivity index (χ4n) is 4.98. The predicted octanol–water partition coefficient (Wildman–Crippen LogP) is 3.74. The van der Waals surface area contributed by atoms with E-state index in [4.69, 9.17) is 4.74 Å². The lowest BCUT2D eigenvalue weighted by atomic mass is 9.73. The molecule has 2 aliphatic carbocycles. The molecular formula is C21H32O3. The fourth-order valence-corrected chi connectivity index (χ4v) is 4.98. The van der Waals surface area contributed by atoms with Crippen LogP contribution in [0, 0.1) is 17.8 Å². The molecule has 134 valence electrons. The molecule has 3 rings (SSSR count). The predicted molar refractivity (Wildman–Crippen MR) is 96.3 cm³/mol. The van der Waals surface area contributed by atoms with Crippen molar-refractivity contribution in [3.05, 3.63) is 29.3 Å². The van der Waals surface area contributed by atoms with Crippen molar-refractivity contribution in [2.45, 2.75) is 70.5 Å². The number of aliphatic hydroxyl groups is 2. The summed E-state index contributed by atoms with van der Waals surface area (Å²) in [6.45, 7) is 2.19. The number of methoxy groups -OCH3 is 1. The monoisotopic (exact) mass is 332 g/mol. The second kappa shape index (κ2) is 7.88. The van der Waals surface area contributed by atoms with E-state index in [1.165, 1.54) is 24.0 Å². The second-order valence-electron chi connectivity index (χ2n) is 7.78. The lowest BCUT2D eigenvalue weighted by Gasteiger charge is -2.33. The molecule has 3 nitrogen and oxygen atoms in total. The van der Waals surface area contributed by atoms with Gasteiger partial charge in [0.25, 0.3) is 0 Å². The molecule has 1 fully saturated rings. The number of hydrogen-bond donors (Lipinski definition) is 2. The first-order valence-corrected chi connectivity index (χ1v) is 9.64. The minimum Gasteiger partial charge on any atom is -0.496 e. The van der Waals surface area contributed by atoms with Crippen molar-refractivity contribution >= 4 is 0 Å². The molecule has 0 spiro atoms. The molecule has 1 saturated carbocycles. The summed E-state index contributed by atoms with van der Waals surface area (Å²) in [6, 6.07) is 6.31. The Balaban J connectivity index is 1.68. The van der Waals surface area contributed by atoms with Crippen molar-refractivity contribution in [3.8, 4) is 5.75 Å². The number of fused-ring (bicyclic) bond motifs is 2. The molecule has 3 heteroatoms. The van der Waals surface area contributed by atoms with Crippen molar-refractivity contribution in [1.29, 1.82) is 0 Å². The van der Waals surface area contributed by atoms with Gasteiger partial charge in [-0.25, -0.2) is 0 Å². The molecule has 0 heterocycles. The number of hydrogen-bond acceptors (Lipinski definition) is 3. The van der Waals surface area contributed by atoms with Crippen molar-refractivity contribution in [2.75, 3.05) is 7.11 Å². The molecule has 0 amide bonds. The van der Waals surface area contributed by atoms with E-state index < -0.39 is 0 Å². The standard InChI is InChI=1S/C21H32O3/c1-3-4-5-8-16(22)13-19-17-10-14-7-6-9-21(24-2)18(14)11-15(17)12-20(19)23/h6-7,9,15-17,19-20,22-23H,3-5,8,10-13H2,1-2H3/t15-,16-,17-,19+,20+/m0/s1. The summed E-state index contributed by atoms with van der Waals surface area (Å²) >= 11 is 0. The van der Waals surface area contributed by atoms with Crippen molar-refractivity contribution in [2.24, 2.45) is 17.8 Å². The smallest absolute Gasteiger partial charge is 0.122 e. The van der Waals surface area contributed by atoms with Gasteiger partial charge in [-0.1, -0.05) is 38.3 Å². The van der Waals surface area contributed by atoms with Crippen molar-refractivity contribution in [1.82, 2.24) is 0 Å². The maximum atomic E-state index is 10.6. The van der Waals surface area contributed by atoms with Crippen molar-refractivity contribution in [3.63, 3.8) is 0 Å². The lowest BCUT2D eigenvalue weighted by molar-refractivity contribution is 0.0586. The third-order valence-electron chi connectivity index (χ3n) is 6.25. The molecule has 2 N–H and O–H groups in total. The molecule has 5 atom stereocenters. The second-order valence-corrected chi connectivity index (χ2v) is 7.78. The van der Waals surface area contributed by atoms with Crippen LogP contribution in [-0.2, 0) is 12.8 Å².